The molecule has 4 heteroatoms. The summed E-state index contributed by atoms with van der Waals surface area (Å²) < 4.78 is 74.8. The third-order valence-electron chi connectivity index (χ3n) is 19.3. The van der Waals surface area contributed by atoms with Gasteiger partial charge in [-0.05, 0) is 230 Å². The average Bonchev–Trinajstić information content (AvgIpc) is 0.741. The topological polar surface area (TPSA) is 15.5 Å². The Kier molecular flexibility index (Phi) is 21.8. The summed E-state index contributed by atoms with van der Waals surface area (Å²) in [7, 11) is 8.20. The summed E-state index contributed by atoms with van der Waals surface area (Å²) in [6.45, 7) is 33.4. The van der Waals surface area contributed by atoms with Crippen LogP contribution in [0.25, 0.3) is 89.5 Å². The normalized spacial score (nSPS) is 12.9. The zero-order chi connectivity index (χ0) is 81.6. The quantitative estimate of drug-likeness (QED) is 0.102. The van der Waals surface area contributed by atoms with Crippen LogP contribution in [0.2, 0.25) is 0 Å². The van der Waals surface area contributed by atoms with Crippen LogP contribution in [-0.4, -0.2) is 0 Å². The Bertz CT molecular complexity index is 5250. The van der Waals surface area contributed by atoms with Crippen LogP contribution in [0.5, 0.6) is 0 Å². The van der Waals surface area contributed by atoms with Gasteiger partial charge in [-0.3, -0.25) is 0 Å². The van der Waals surface area contributed by atoms with Crippen LogP contribution in [0.1, 0.15) is 164 Å². The lowest BCUT2D eigenvalue weighted by Gasteiger charge is -2.20. The molecule has 0 aliphatic rings. The predicted octanol–water partition coefficient (Wildman–Crippen LogP) is 24.0. The molecule has 4 nitrogen and oxygen atoms in total. The fourth-order valence-corrected chi connectivity index (χ4v) is 13.7. The van der Waals surface area contributed by atoms with Crippen molar-refractivity contribution in [2.45, 2.75) is 163 Å². The average molecular weight is 1370 g/mol. The third kappa shape index (κ3) is 20.2. The molecule has 4 aromatic heterocycles. The summed E-state index contributed by atoms with van der Waals surface area (Å²) in [5.41, 5.74) is 31.8. The molecule has 0 spiro atoms. The van der Waals surface area contributed by atoms with Crippen LogP contribution >= 0.6 is 0 Å². The fraction of sp³-hybridized carbons (Fsp3) is 0.313. The van der Waals surface area contributed by atoms with Gasteiger partial charge in [0, 0.05) is 79.7 Å². The van der Waals surface area contributed by atoms with Crippen molar-refractivity contribution in [3.63, 3.8) is 0 Å². The minimum absolute atomic E-state index is 0.0378. The second-order valence-electron chi connectivity index (χ2n) is 31.6. The highest BCUT2D eigenvalue weighted by Gasteiger charge is 2.25. The number of hydrogen-bond acceptors (Lipinski definition) is 0. The van der Waals surface area contributed by atoms with Gasteiger partial charge in [-0.15, -0.1) is 0 Å². The number of aromatic nitrogens is 4. The number of benzene rings is 8. The van der Waals surface area contributed by atoms with Crippen molar-refractivity contribution in [3.8, 4) is 89.5 Å². The van der Waals surface area contributed by atoms with E-state index in [1.165, 1.54) is 123 Å². The first kappa shape index (κ1) is 66.6. The summed E-state index contributed by atoms with van der Waals surface area (Å²) in [5, 5.41) is 0. The first-order chi connectivity index (χ1) is 51.9. The van der Waals surface area contributed by atoms with Crippen LogP contribution in [0.15, 0.2) is 231 Å². The Balaban J connectivity index is 0.000000172. The fourth-order valence-electron chi connectivity index (χ4n) is 13.7. The van der Waals surface area contributed by atoms with E-state index in [9.17, 15) is 0 Å². The van der Waals surface area contributed by atoms with Gasteiger partial charge in [-0.25, -0.2) is 18.3 Å². The Morgan fingerprint density at radius 3 is 1.13 bits per heavy atom. The van der Waals surface area contributed by atoms with Crippen molar-refractivity contribution in [2.24, 2.45) is 44.9 Å². The van der Waals surface area contributed by atoms with Crippen molar-refractivity contribution in [1.29, 1.82) is 0 Å². The molecule has 0 unspecified atom stereocenters. The van der Waals surface area contributed by atoms with Crippen molar-refractivity contribution in [2.75, 3.05) is 0 Å². The minimum Gasteiger partial charge on any atom is -0.201 e. The molecule has 530 valence electrons. The lowest BCUT2D eigenvalue weighted by atomic mass is 9.86. The molecule has 0 amide bonds. The molecule has 0 bridgehead atoms. The van der Waals surface area contributed by atoms with E-state index in [0.717, 1.165) is 24.0 Å². The Labute approximate surface area is 632 Å². The van der Waals surface area contributed by atoms with E-state index >= 15 is 0 Å². The van der Waals surface area contributed by atoms with Crippen LogP contribution in [0.3, 0.4) is 0 Å². The van der Waals surface area contributed by atoms with E-state index in [-0.39, 0.29) is 16.7 Å². The van der Waals surface area contributed by atoms with Gasteiger partial charge in [0.2, 0.25) is 22.8 Å². The van der Waals surface area contributed by atoms with Gasteiger partial charge < -0.3 is 0 Å². The zero-order valence-corrected chi connectivity index (χ0v) is 65.8. The first-order valence-electron chi connectivity index (χ1n) is 40.7. The molecule has 4 heterocycles. The monoisotopic (exact) mass is 1370 g/mol. The highest BCUT2D eigenvalue weighted by atomic mass is 14.9. The number of rotatable bonds is 13. The van der Waals surface area contributed by atoms with Crippen LogP contribution < -0.4 is 18.3 Å². The van der Waals surface area contributed by atoms with E-state index in [2.05, 4.69) is 307 Å². The largest absolute Gasteiger partial charge is 0.212 e. The van der Waals surface area contributed by atoms with Crippen molar-refractivity contribution in [3.05, 3.63) is 309 Å². The van der Waals surface area contributed by atoms with E-state index < -0.39 is 25.5 Å². The van der Waals surface area contributed by atoms with Gasteiger partial charge in [0.05, 0.1) is 0 Å². The Morgan fingerprint density at radius 1 is 0.320 bits per heavy atom. The molecule has 8 aromatic carbocycles. The number of nitrogens with zero attached hydrogens (tertiary/aromatic N) is 4. The summed E-state index contributed by atoms with van der Waals surface area (Å²) >= 11 is 0. The summed E-state index contributed by atoms with van der Waals surface area (Å²) in [6, 6.07) is 71.8. The molecule has 0 atom stereocenters. The smallest absolute Gasteiger partial charge is 0.201 e. The summed E-state index contributed by atoms with van der Waals surface area (Å²) in [5.74, 6) is 1.22. The molecular weight excluding hydrogens is 1250 g/mol. The van der Waals surface area contributed by atoms with Gasteiger partial charge in [-0.2, -0.15) is 0 Å². The second-order valence-corrected chi connectivity index (χ2v) is 31.6. The SMILES string of the molecule is Cc1cc(-c2cc(-c3ccccc3)ccc2C)[n+](C)cc1CC(C)(C)C.Cc1cc(-c2cc(-c3ccccc3)ccc2C)[n+](C)cc1CC(C)C.Cc1ccc(-c2ccccc2)cc1-c1cc(C)c(C(C)C)c[n+]1C.[2H]C([2H])([2H])c1cc(C)c(-c2cc(C([2H])([2H])C(C)(C)C)c(C([2H])([2H])[2H])c[n+]2C)cc1-c1ccc(C)cc1. The maximum absolute atomic E-state index is 8.87. The Morgan fingerprint density at radius 2 is 0.709 bits per heavy atom. The van der Waals surface area contributed by atoms with Crippen LogP contribution in [0.4, 0.5) is 0 Å². The highest BCUT2D eigenvalue weighted by molar-refractivity contribution is 5.78. The molecule has 103 heavy (non-hydrogen) atoms. The van der Waals surface area contributed by atoms with Gasteiger partial charge in [-0.1, -0.05) is 233 Å². The van der Waals surface area contributed by atoms with E-state index in [1.54, 1.807) is 44.5 Å². The first-order valence-corrected chi connectivity index (χ1v) is 36.7. The molecule has 0 radical (unpaired) electrons. The number of aryl methyl sites for hydroxylation is 14. The molecule has 0 aliphatic carbocycles. The maximum Gasteiger partial charge on any atom is 0.212 e. The van der Waals surface area contributed by atoms with Gasteiger partial charge in [0.25, 0.3) is 0 Å². The van der Waals surface area contributed by atoms with Crippen LogP contribution in [-0.2, 0) is 47.4 Å². The molecule has 0 saturated heterocycles. The highest BCUT2D eigenvalue weighted by Crippen LogP contribution is 2.36. The van der Waals surface area contributed by atoms with Gasteiger partial charge >= 0.3 is 0 Å². The van der Waals surface area contributed by atoms with Crippen LogP contribution in [0, 0.1) is 85.8 Å². The lowest BCUT2D eigenvalue weighted by molar-refractivity contribution is -0.661. The summed E-state index contributed by atoms with van der Waals surface area (Å²) in [6.07, 6.45) is 8.66. The third-order valence-corrected chi connectivity index (χ3v) is 19.3. The Hall–Kier alpha value is -9.64. The lowest BCUT2D eigenvalue weighted by Crippen LogP contribution is -2.32. The summed E-state index contributed by atoms with van der Waals surface area (Å²) in [4.78, 5) is 0. The second kappa shape index (κ2) is 33.6. The minimum atomic E-state index is -2.50. The zero-order valence-electron chi connectivity index (χ0n) is 73.8. The van der Waals surface area contributed by atoms with E-state index in [0.29, 0.717) is 39.6 Å². The number of pyridine rings is 4. The molecule has 0 fully saturated rings. The van der Waals surface area contributed by atoms with Crippen molar-refractivity contribution < 1.29 is 29.2 Å². The number of hydrogen-bond donors (Lipinski definition) is 0. The van der Waals surface area contributed by atoms with Crippen molar-refractivity contribution in [1.82, 2.24) is 0 Å². The predicted molar refractivity (Wildman–Crippen MR) is 440 cm³/mol. The molecule has 0 aliphatic heterocycles. The standard InChI is InChI=1S/C27H34N.C25H30N.C24H28N.C23H26N/c1-18-9-11-22(12-10-18)24-15-25(20(3)13-19(24)2)26-14-23(16-27(5,6)7)21(4)17-28(26)8;1-18-12-13-21(20-10-8-7-9-11-20)15-23(18)24-14-19(2)22(17-26(24)6)16-25(3,4)5;1-17(2)13-22-16-25(5)24(14-19(22)4)23-15-21(12-11-18(23)3)20-9-7-6-8-10-20;1-16(2)22-15-24(5)23(13-18(22)4)21-14-20(12-11-17(21)3)19-9-7-6-8-10-19/h9-15,17H,16H2,1-8H3;7-15,17H,16H2,1-6H3;6-12,14-17H,13H2,1-5H3;6-16H,1-5H3/q4*+1/i2D3,4D3,16D2;;;. The van der Waals surface area contributed by atoms with E-state index in [4.69, 9.17) is 11.0 Å². The molecule has 0 saturated carbocycles. The molecule has 12 rings (SSSR count). The van der Waals surface area contributed by atoms with Gasteiger partial charge in [0.1, 0.15) is 28.2 Å². The molecular formula is C99H118N4+4. The maximum atomic E-state index is 8.87. The van der Waals surface area contributed by atoms with Crippen molar-refractivity contribution >= 4 is 0 Å². The molecule has 12 aromatic rings. The van der Waals surface area contributed by atoms with E-state index in [1.807, 2.05) is 44.2 Å². The van der Waals surface area contributed by atoms with Gasteiger partial charge in [0.15, 0.2) is 24.8 Å². The molecule has 0 N–H and O–H groups in total.